The van der Waals surface area contributed by atoms with E-state index in [1.165, 1.54) is 0 Å². The normalized spacial score (nSPS) is 10.6. The van der Waals surface area contributed by atoms with E-state index >= 15 is 0 Å². The van der Waals surface area contributed by atoms with Crippen molar-refractivity contribution in [3.63, 3.8) is 0 Å². The van der Waals surface area contributed by atoms with Crippen LogP contribution in [0.4, 0.5) is 0 Å². The lowest BCUT2D eigenvalue weighted by Crippen LogP contribution is -1.99. The number of methoxy groups -OCH3 is 1. The van der Waals surface area contributed by atoms with E-state index in [-0.39, 0.29) is 0 Å². The number of aromatic nitrogens is 1. The van der Waals surface area contributed by atoms with Gasteiger partial charge in [-0.2, -0.15) is 0 Å². The lowest BCUT2D eigenvalue weighted by atomic mass is 10.3. The minimum Gasteiger partial charge on any atom is -0.495 e. The second-order valence-corrected chi connectivity index (χ2v) is 5.13. The number of benzene rings is 1. The number of hydrogen-bond donors (Lipinski definition) is 0. The Morgan fingerprint density at radius 1 is 1.24 bits per heavy atom. The van der Waals surface area contributed by atoms with Gasteiger partial charge >= 0.3 is 0 Å². The zero-order valence-electron chi connectivity index (χ0n) is 9.92. The highest BCUT2D eigenvalue weighted by molar-refractivity contribution is 9.10. The van der Waals surface area contributed by atoms with Crippen LogP contribution in [-0.2, 0) is 0 Å². The van der Waals surface area contributed by atoms with Gasteiger partial charge in [-0.3, -0.25) is 0 Å². The van der Waals surface area contributed by atoms with Crippen molar-refractivity contribution >= 4 is 27.5 Å². The summed E-state index contributed by atoms with van der Waals surface area (Å²) in [6.45, 7) is 4.13. The fraction of sp³-hybridized carbons (Fsp3) is 0.231. The summed E-state index contributed by atoms with van der Waals surface area (Å²) in [5.74, 6) is 0.692. The molecule has 4 heteroatoms. The predicted molar refractivity (Wildman–Crippen MR) is 74.5 cm³/mol. The van der Waals surface area contributed by atoms with Crippen LogP contribution in [0.2, 0.25) is 5.02 Å². The molecule has 0 radical (unpaired) electrons. The summed E-state index contributed by atoms with van der Waals surface area (Å²) in [6, 6.07) is 7.88. The van der Waals surface area contributed by atoms with Gasteiger partial charge in [-0.25, -0.2) is 0 Å². The van der Waals surface area contributed by atoms with Crippen LogP contribution in [0.1, 0.15) is 11.4 Å². The van der Waals surface area contributed by atoms with Gasteiger partial charge in [0.2, 0.25) is 0 Å². The van der Waals surface area contributed by atoms with Crippen LogP contribution in [0, 0.1) is 13.8 Å². The number of hydrogen-bond acceptors (Lipinski definition) is 1. The van der Waals surface area contributed by atoms with Crippen molar-refractivity contribution < 1.29 is 4.74 Å². The zero-order valence-corrected chi connectivity index (χ0v) is 12.3. The van der Waals surface area contributed by atoms with E-state index < -0.39 is 0 Å². The van der Waals surface area contributed by atoms with Gasteiger partial charge in [-0.05, 0) is 54.0 Å². The number of halogens is 2. The largest absolute Gasteiger partial charge is 0.495 e. The Morgan fingerprint density at radius 2 is 1.94 bits per heavy atom. The molecule has 0 spiro atoms. The third-order valence-corrected chi connectivity index (χ3v) is 3.86. The fourth-order valence-electron chi connectivity index (χ4n) is 1.92. The van der Waals surface area contributed by atoms with E-state index in [0.717, 1.165) is 21.5 Å². The Kier molecular flexibility index (Phi) is 3.50. The average molecular weight is 315 g/mol. The van der Waals surface area contributed by atoms with Crippen LogP contribution in [-0.4, -0.2) is 11.7 Å². The van der Waals surface area contributed by atoms with Crippen LogP contribution in [0.5, 0.6) is 5.75 Å². The molecule has 2 nitrogen and oxygen atoms in total. The Bertz CT molecular complexity index is 563. The highest BCUT2D eigenvalue weighted by Gasteiger charge is 2.10. The summed E-state index contributed by atoms with van der Waals surface area (Å²) in [7, 11) is 1.61. The summed E-state index contributed by atoms with van der Waals surface area (Å²) in [4.78, 5) is 0. The SMILES string of the molecule is COc1ccc(-n2c(C)cc(Br)c2C)cc1Cl. The topological polar surface area (TPSA) is 14.2 Å². The van der Waals surface area contributed by atoms with E-state index in [4.69, 9.17) is 16.3 Å². The minimum absolute atomic E-state index is 0.619. The highest BCUT2D eigenvalue weighted by Crippen LogP contribution is 2.30. The van der Waals surface area contributed by atoms with E-state index in [1.54, 1.807) is 7.11 Å². The van der Waals surface area contributed by atoms with E-state index in [1.807, 2.05) is 18.2 Å². The van der Waals surface area contributed by atoms with Gasteiger partial charge in [0.15, 0.2) is 0 Å². The van der Waals surface area contributed by atoms with Gasteiger partial charge in [0.25, 0.3) is 0 Å². The highest BCUT2D eigenvalue weighted by atomic mass is 79.9. The maximum atomic E-state index is 6.14. The Hall–Kier alpha value is -0.930. The Balaban J connectivity index is 2.57. The summed E-state index contributed by atoms with van der Waals surface area (Å²) in [5, 5.41) is 0.619. The van der Waals surface area contributed by atoms with Gasteiger partial charge in [0.05, 0.1) is 12.1 Å². The molecule has 0 saturated heterocycles. The molecule has 0 aliphatic carbocycles. The van der Waals surface area contributed by atoms with Gasteiger partial charge in [0.1, 0.15) is 5.75 Å². The molecule has 0 aliphatic rings. The fourth-order valence-corrected chi connectivity index (χ4v) is 2.68. The molecule has 0 aliphatic heterocycles. The molecule has 0 saturated carbocycles. The van der Waals surface area contributed by atoms with Crippen molar-refractivity contribution in [2.24, 2.45) is 0 Å². The molecule has 0 fully saturated rings. The van der Waals surface area contributed by atoms with Crippen LogP contribution in [0.3, 0.4) is 0 Å². The van der Waals surface area contributed by atoms with E-state index in [9.17, 15) is 0 Å². The molecule has 1 aromatic carbocycles. The second-order valence-electron chi connectivity index (χ2n) is 3.87. The third-order valence-electron chi connectivity index (χ3n) is 2.76. The molecular formula is C13H13BrClNO. The van der Waals surface area contributed by atoms with Gasteiger partial charge < -0.3 is 9.30 Å². The number of aryl methyl sites for hydroxylation is 1. The average Bonchev–Trinajstić information content (AvgIpc) is 2.53. The van der Waals surface area contributed by atoms with Crippen molar-refractivity contribution in [1.82, 2.24) is 4.57 Å². The number of ether oxygens (including phenoxy) is 1. The molecule has 17 heavy (non-hydrogen) atoms. The summed E-state index contributed by atoms with van der Waals surface area (Å²) >= 11 is 9.67. The molecule has 0 amide bonds. The molecule has 0 bridgehead atoms. The van der Waals surface area contributed by atoms with Crippen LogP contribution in [0.25, 0.3) is 5.69 Å². The summed E-state index contributed by atoms with van der Waals surface area (Å²) < 4.78 is 8.40. The minimum atomic E-state index is 0.619. The van der Waals surface area contributed by atoms with Crippen molar-refractivity contribution in [3.8, 4) is 11.4 Å². The van der Waals surface area contributed by atoms with Crippen molar-refractivity contribution in [1.29, 1.82) is 0 Å². The predicted octanol–water partition coefficient (Wildman–Crippen LogP) is 4.52. The molecule has 2 aromatic rings. The first-order valence-electron chi connectivity index (χ1n) is 5.23. The van der Waals surface area contributed by atoms with Crippen LogP contribution >= 0.6 is 27.5 Å². The quantitative estimate of drug-likeness (QED) is 0.795. The van der Waals surface area contributed by atoms with Gasteiger partial charge in [-0.15, -0.1) is 0 Å². The van der Waals surface area contributed by atoms with Gasteiger partial charge in [0, 0.05) is 21.5 Å². The first-order chi connectivity index (χ1) is 8.04. The van der Waals surface area contributed by atoms with Crippen LogP contribution < -0.4 is 4.74 Å². The van der Waals surface area contributed by atoms with Crippen molar-refractivity contribution in [2.45, 2.75) is 13.8 Å². The van der Waals surface area contributed by atoms with Gasteiger partial charge in [-0.1, -0.05) is 11.6 Å². The monoisotopic (exact) mass is 313 g/mol. The molecule has 2 rings (SSSR count). The second kappa shape index (κ2) is 4.75. The molecule has 0 unspecified atom stereocenters. The maximum Gasteiger partial charge on any atom is 0.137 e. The first-order valence-corrected chi connectivity index (χ1v) is 6.40. The Morgan fingerprint density at radius 3 is 2.41 bits per heavy atom. The number of rotatable bonds is 2. The molecule has 1 heterocycles. The third kappa shape index (κ3) is 2.22. The van der Waals surface area contributed by atoms with E-state index in [0.29, 0.717) is 10.8 Å². The summed E-state index contributed by atoms with van der Waals surface area (Å²) in [6.07, 6.45) is 0. The van der Waals surface area contributed by atoms with Crippen molar-refractivity contribution in [2.75, 3.05) is 7.11 Å². The molecule has 1 aromatic heterocycles. The molecular weight excluding hydrogens is 302 g/mol. The molecule has 0 atom stereocenters. The Labute approximate surface area is 114 Å². The summed E-state index contributed by atoms with van der Waals surface area (Å²) in [5.41, 5.74) is 3.36. The zero-order chi connectivity index (χ0) is 12.6. The molecule has 0 N–H and O–H groups in total. The molecule has 90 valence electrons. The standard InChI is InChI=1S/C13H13BrClNO/c1-8-6-11(14)9(2)16(8)10-4-5-13(17-3)12(15)7-10/h4-7H,1-3H3. The lowest BCUT2D eigenvalue weighted by Gasteiger charge is -2.11. The van der Waals surface area contributed by atoms with Crippen molar-refractivity contribution in [3.05, 3.63) is 45.1 Å². The number of nitrogens with zero attached hydrogens (tertiary/aromatic N) is 1. The lowest BCUT2D eigenvalue weighted by molar-refractivity contribution is 0.415. The van der Waals surface area contributed by atoms with E-state index in [2.05, 4.69) is 40.4 Å². The van der Waals surface area contributed by atoms with Crippen LogP contribution in [0.15, 0.2) is 28.7 Å². The smallest absolute Gasteiger partial charge is 0.137 e. The first kappa shape index (κ1) is 12.5. The maximum absolute atomic E-state index is 6.14.